The molecular weight excluding hydrogens is 657 g/mol. The van der Waals surface area contributed by atoms with Gasteiger partial charge >= 0.3 is 41.7 Å². The van der Waals surface area contributed by atoms with Crippen LogP contribution in [-0.4, -0.2) is 91.4 Å². The van der Waals surface area contributed by atoms with Crippen molar-refractivity contribution in [2.75, 3.05) is 13.1 Å². The molecule has 1 fully saturated rings. The quantitative estimate of drug-likeness (QED) is 0.205. The lowest BCUT2D eigenvalue weighted by Gasteiger charge is -2.33. The highest BCUT2D eigenvalue weighted by atomic mass is 19.4. The average Bonchev–Trinajstić information content (AvgIpc) is 3.22. The molecule has 0 aromatic carbocycles. The monoisotopic (exact) mass is 684 g/mol. The predicted octanol–water partition coefficient (Wildman–Crippen LogP) is 5.67. The summed E-state index contributed by atoms with van der Waals surface area (Å²) in [4.78, 5) is 23.8. The fourth-order valence-electron chi connectivity index (χ4n) is 3.33. The Kier molecular flexibility index (Phi) is 12.3. The van der Waals surface area contributed by atoms with Gasteiger partial charge in [0, 0.05) is 45.7 Å². The van der Waals surface area contributed by atoms with Gasteiger partial charge in [-0.2, -0.15) is 65.9 Å². The van der Waals surface area contributed by atoms with Crippen LogP contribution in [-0.2, 0) is 23.8 Å². The zero-order chi connectivity index (χ0) is 34.7. The summed E-state index contributed by atoms with van der Waals surface area (Å²) in [5.74, 6) is -39.2. The summed E-state index contributed by atoms with van der Waals surface area (Å²) in [6, 6.07) is 0. The maximum atomic E-state index is 13.7. The minimum atomic E-state index is -7.14. The molecule has 2 amide bonds. The van der Waals surface area contributed by atoms with Gasteiger partial charge in [0.15, 0.2) is 0 Å². The van der Waals surface area contributed by atoms with E-state index < -0.39 is 124 Å². The van der Waals surface area contributed by atoms with Crippen LogP contribution in [0, 0.1) is 0 Å². The molecule has 0 spiro atoms. The number of carbonyl (C=O) groups excluding carboxylic acids is 2. The van der Waals surface area contributed by atoms with Crippen molar-refractivity contribution in [3.63, 3.8) is 0 Å². The summed E-state index contributed by atoms with van der Waals surface area (Å²) < 4.78 is 212. The molecule has 0 aliphatic carbocycles. The Morgan fingerprint density at radius 2 is 1.02 bits per heavy atom. The molecule has 260 valence electrons. The molecule has 0 radical (unpaired) electrons. The molecule has 1 saturated heterocycles. The van der Waals surface area contributed by atoms with E-state index in [1.807, 2.05) is 10.6 Å². The lowest BCUT2D eigenvalue weighted by Crippen LogP contribution is -2.60. The van der Waals surface area contributed by atoms with E-state index >= 15 is 0 Å². The van der Waals surface area contributed by atoms with E-state index in [4.69, 9.17) is 14.2 Å². The van der Waals surface area contributed by atoms with Crippen LogP contribution in [0.5, 0.6) is 0 Å². The second kappa shape index (κ2) is 13.6. The van der Waals surface area contributed by atoms with Gasteiger partial charge in [0.1, 0.15) is 12.2 Å². The number of hydrogen-bond acceptors (Lipinski definition) is 5. The van der Waals surface area contributed by atoms with E-state index in [-0.39, 0.29) is 0 Å². The predicted molar refractivity (Wildman–Crippen MR) is 116 cm³/mol. The first kappa shape index (κ1) is 39.8. The van der Waals surface area contributed by atoms with Gasteiger partial charge in [0.05, 0.1) is 6.10 Å². The zero-order valence-corrected chi connectivity index (χ0v) is 22.8. The lowest BCUT2D eigenvalue weighted by atomic mass is 9.99. The van der Waals surface area contributed by atoms with Crippen molar-refractivity contribution in [3.8, 4) is 0 Å². The molecule has 1 aliphatic heterocycles. The van der Waals surface area contributed by atoms with Gasteiger partial charge < -0.3 is 24.8 Å². The van der Waals surface area contributed by atoms with E-state index in [9.17, 15) is 75.4 Å². The van der Waals surface area contributed by atoms with Crippen molar-refractivity contribution < 1.29 is 89.7 Å². The molecule has 3 unspecified atom stereocenters. The first-order valence-electron chi connectivity index (χ1n) is 12.3. The molecule has 0 bridgehead atoms. The van der Waals surface area contributed by atoms with Crippen LogP contribution < -0.4 is 10.6 Å². The summed E-state index contributed by atoms with van der Waals surface area (Å²) >= 11 is 0. The minimum absolute atomic E-state index is 0.444. The third-order valence-corrected chi connectivity index (χ3v) is 5.92. The van der Waals surface area contributed by atoms with Gasteiger partial charge in [0.2, 0.25) is 11.8 Å². The number of nitrogens with one attached hydrogen (secondary N) is 2. The fraction of sp³-hybridized carbons (Fsp3) is 0.909. The molecule has 1 aliphatic rings. The topological polar surface area (TPSA) is 85.9 Å². The first-order valence-corrected chi connectivity index (χ1v) is 12.3. The summed E-state index contributed by atoms with van der Waals surface area (Å²) in [5, 5.41) is 3.77. The average molecular weight is 684 g/mol. The van der Waals surface area contributed by atoms with Crippen molar-refractivity contribution in [2.45, 2.75) is 113 Å². The number of rotatable bonds is 16. The third kappa shape index (κ3) is 9.16. The van der Waals surface area contributed by atoms with Crippen molar-refractivity contribution in [1.29, 1.82) is 0 Å². The maximum Gasteiger partial charge on any atom is 0.460 e. The number of alkyl halides is 15. The number of hydrogen-bond donors (Lipinski definition) is 2. The third-order valence-electron chi connectivity index (χ3n) is 5.92. The molecular formula is C22H27F15N2O5. The van der Waals surface area contributed by atoms with Gasteiger partial charge in [-0.1, -0.05) is 0 Å². The molecule has 3 atom stereocenters. The van der Waals surface area contributed by atoms with Gasteiger partial charge in [-0.25, -0.2) is 0 Å². The summed E-state index contributed by atoms with van der Waals surface area (Å²) in [5.41, 5.74) is 0. The molecule has 0 saturated carbocycles. The van der Waals surface area contributed by atoms with Crippen molar-refractivity contribution in [1.82, 2.24) is 10.6 Å². The maximum absolute atomic E-state index is 13.7. The van der Waals surface area contributed by atoms with E-state index in [1.54, 1.807) is 0 Å². The Labute approximate surface area is 239 Å². The van der Waals surface area contributed by atoms with Crippen LogP contribution in [0.4, 0.5) is 65.9 Å². The van der Waals surface area contributed by atoms with Crippen molar-refractivity contribution >= 4 is 11.8 Å². The first-order chi connectivity index (χ1) is 19.5. The van der Waals surface area contributed by atoms with Crippen LogP contribution >= 0.6 is 0 Å². The highest BCUT2D eigenvalue weighted by Gasteiger charge is 2.81. The highest BCUT2D eigenvalue weighted by Crippen LogP contribution is 2.54. The van der Waals surface area contributed by atoms with Crippen molar-refractivity contribution in [2.24, 2.45) is 0 Å². The Morgan fingerprint density at radius 3 is 1.34 bits per heavy atom. The number of carbonyl (C=O) groups is 2. The summed E-state index contributed by atoms with van der Waals surface area (Å²) in [7, 11) is 0. The summed E-state index contributed by atoms with van der Waals surface area (Å²) in [6.45, 7) is -0.491. The number of ether oxygens (including phenoxy) is 3. The molecule has 22 heteroatoms. The molecule has 2 N–H and O–H groups in total. The van der Waals surface area contributed by atoms with Crippen LogP contribution in [0.3, 0.4) is 0 Å². The number of amides is 2. The smallest absolute Gasteiger partial charge is 0.353 e. The Balaban J connectivity index is 2.79. The standard InChI is InChI=1S/C22H27F15N2O5/c1-10(2)42-15-43-11(8-38-13(40)4-6-17(25,26)19(29,30)16(3,23)24)12(44-15)9-39-14(41)5-7-18(27,28)20(31,32)21(33,34)22(35,36)37/h10-12,15H,4-9H2,1-3H3,(H,38,40)(H,39,41). The second-order valence-corrected chi connectivity index (χ2v) is 9.95. The zero-order valence-electron chi connectivity index (χ0n) is 22.8. The van der Waals surface area contributed by atoms with Crippen molar-refractivity contribution in [3.05, 3.63) is 0 Å². The Hall–Kier alpha value is -2.23. The van der Waals surface area contributed by atoms with Crippen LogP contribution in [0.1, 0.15) is 46.5 Å². The van der Waals surface area contributed by atoms with Gasteiger partial charge in [-0.05, 0) is 13.8 Å². The van der Waals surface area contributed by atoms with Crippen LogP contribution in [0.15, 0.2) is 0 Å². The van der Waals surface area contributed by atoms with E-state index in [0.717, 1.165) is 0 Å². The van der Waals surface area contributed by atoms with Crippen LogP contribution in [0.2, 0.25) is 0 Å². The van der Waals surface area contributed by atoms with Gasteiger partial charge in [0.25, 0.3) is 6.48 Å². The van der Waals surface area contributed by atoms with E-state index in [0.29, 0.717) is 0 Å². The SMILES string of the molecule is CC(C)OC1OC(CNC(=O)CCC(F)(F)C(F)(F)C(C)(F)F)C(CNC(=O)CCC(F)(F)C(F)(F)C(F)(F)C(F)(F)F)O1. The molecule has 0 aromatic rings. The molecule has 44 heavy (non-hydrogen) atoms. The molecule has 0 aromatic heterocycles. The van der Waals surface area contributed by atoms with Crippen LogP contribution in [0.25, 0.3) is 0 Å². The Bertz CT molecular complexity index is 986. The molecule has 1 rings (SSSR count). The molecule has 1 heterocycles. The minimum Gasteiger partial charge on any atom is -0.353 e. The van der Waals surface area contributed by atoms with E-state index in [1.165, 1.54) is 13.8 Å². The normalized spacial score (nSPS) is 21.1. The summed E-state index contributed by atoms with van der Waals surface area (Å²) in [6.07, 6.45) is -17.9. The highest BCUT2D eigenvalue weighted by molar-refractivity contribution is 5.76. The number of halogens is 15. The van der Waals surface area contributed by atoms with Gasteiger partial charge in [-0.3, -0.25) is 9.59 Å². The largest absolute Gasteiger partial charge is 0.460 e. The van der Waals surface area contributed by atoms with Gasteiger partial charge in [-0.15, -0.1) is 0 Å². The lowest BCUT2D eigenvalue weighted by molar-refractivity contribution is -0.396. The van der Waals surface area contributed by atoms with E-state index in [2.05, 4.69) is 0 Å². The molecule has 7 nitrogen and oxygen atoms in total. The fourth-order valence-corrected chi connectivity index (χ4v) is 3.33. The Morgan fingerprint density at radius 1 is 0.659 bits per heavy atom. The second-order valence-electron chi connectivity index (χ2n) is 9.95.